The van der Waals surface area contributed by atoms with Gasteiger partial charge in [-0.05, 0) is 44.9 Å². The van der Waals surface area contributed by atoms with E-state index in [1.54, 1.807) is 0 Å². The number of allylic oxidation sites excluding steroid dienone is 4. The molecule has 95 heavy (non-hydrogen) atoms. The second-order valence-corrected chi connectivity index (χ2v) is 30.3. The molecule has 0 spiro atoms. The van der Waals surface area contributed by atoms with Gasteiger partial charge in [-0.1, -0.05) is 436 Å². The van der Waals surface area contributed by atoms with Crippen LogP contribution in [0, 0.1) is 0 Å². The minimum Gasteiger partial charge on any atom is -0.394 e. The molecule has 6 N–H and O–H groups in total. The highest BCUT2D eigenvalue weighted by Gasteiger charge is 2.44. The van der Waals surface area contributed by atoms with Crippen LogP contribution in [0.2, 0.25) is 0 Å². The van der Waals surface area contributed by atoms with E-state index in [-0.39, 0.29) is 12.5 Å². The molecule has 1 heterocycles. The normalized spacial score (nSPS) is 17.5. The van der Waals surface area contributed by atoms with E-state index in [0.29, 0.717) is 12.8 Å². The van der Waals surface area contributed by atoms with Gasteiger partial charge in [0.15, 0.2) is 6.29 Å². The van der Waals surface area contributed by atoms with Crippen LogP contribution in [0.3, 0.4) is 0 Å². The average Bonchev–Trinajstić information content (AvgIpc) is 0.836. The maximum absolute atomic E-state index is 13.2. The largest absolute Gasteiger partial charge is 0.394 e. The molecule has 564 valence electrons. The molecule has 1 saturated heterocycles. The zero-order chi connectivity index (χ0) is 68.5. The lowest BCUT2D eigenvalue weighted by atomic mass is 9.99. The van der Waals surface area contributed by atoms with E-state index in [1.165, 1.54) is 392 Å². The van der Waals surface area contributed by atoms with Gasteiger partial charge in [0.25, 0.3) is 0 Å². The standard InChI is InChI=1S/C86H167NO8/c1-3-5-7-9-11-13-15-17-19-21-23-25-27-29-31-33-35-36-37-38-39-40-41-42-43-44-46-48-50-52-54-56-58-60-62-64-66-68-70-72-74-76-82(90)87-79(78-94-86-85(93)84(92)83(91)81(77-88)95-86)80(89)75-73-71-69-67-65-63-61-59-57-55-53-51-49-47-45-34-32-30-28-26-24-22-20-18-16-14-12-10-8-6-4-2/h15,17,21,23,79-81,83-86,88-89,91-93H,3-14,16,18-20,22,24-78H2,1-2H3,(H,87,90)/b17-15-,23-21-. The quantitative estimate of drug-likeness (QED) is 0.0261. The SMILES string of the molecule is CCCCCCC/C=C\C/C=C\CCCCCCCCCCCCCCCCCCCCCCCCCCCCCCCC(=O)NC(COC1OC(CO)C(O)C(O)C1O)C(O)CCCCCCCCCCCCCCCCCCCCCCCCCCCCCCCCC. The van der Waals surface area contributed by atoms with Crippen LogP contribution in [0.4, 0.5) is 0 Å². The van der Waals surface area contributed by atoms with E-state index in [1.807, 2.05) is 0 Å². The van der Waals surface area contributed by atoms with Gasteiger partial charge in [-0.3, -0.25) is 4.79 Å². The van der Waals surface area contributed by atoms with Crippen LogP contribution in [-0.4, -0.2) is 87.5 Å². The number of carbonyl (C=O) groups is 1. The van der Waals surface area contributed by atoms with Gasteiger partial charge in [0.1, 0.15) is 24.4 Å². The van der Waals surface area contributed by atoms with E-state index in [2.05, 4.69) is 43.5 Å². The fourth-order valence-electron chi connectivity index (χ4n) is 14.4. The van der Waals surface area contributed by atoms with Crippen LogP contribution in [0.25, 0.3) is 0 Å². The highest BCUT2D eigenvalue weighted by atomic mass is 16.7. The Morgan fingerprint density at radius 1 is 0.358 bits per heavy atom. The molecule has 0 radical (unpaired) electrons. The summed E-state index contributed by atoms with van der Waals surface area (Å²) in [5, 5.41) is 55.2. The fraction of sp³-hybridized carbons (Fsp3) is 0.942. The summed E-state index contributed by atoms with van der Waals surface area (Å²) >= 11 is 0. The first-order chi connectivity index (χ1) is 46.8. The number of unbranched alkanes of at least 4 members (excludes halogenated alkanes) is 64. The van der Waals surface area contributed by atoms with Gasteiger partial charge in [-0.25, -0.2) is 0 Å². The van der Waals surface area contributed by atoms with Crippen molar-refractivity contribution in [2.24, 2.45) is 0 Å². The number of hydrogen-bond acceptors (Lipinski definition) is 8. The lowest BCUT2D eigenvalue weighted by molar-refractivity contribution is -0.302. The van der Waals surface area contributed by atoms with E-state index in [9.17, 15) is 30.3 Å². The molecular weight excluding hydrogens is 1170 g/mol. The number of rotatable bonds is 78. The van der Waals surface area contributed by atoms with Gasteiger partial charge in [-0.15, -0.1) is 0 Å². The van der Waals surface area contributed by atoms with Gasteiger partial charge in [0.2, 0.25) is 5.91 Å². The molecular formula is C86H167NO8. The molecule has 7 atom stereocenters. The molecule has 7 unspecified atom stereocenters. The lowest BCUT2D eigenvalue weighted by Gasteiger charge is -2.40. The Hall–Kier alpha value is -1.33. The zero-order valence-electron chi connectivity index (χ0n) is 63.7. The predicted molar refractivity (Wildman–Crippen MR) is 410 cm³/mol. The Labute approximate surface area is 591 Å². The van der Waals surface area contributed by atoms with Crippen LogP contribution in [0.15, 0.2) is 24.3 Å². The van der Waals surface area contributed by atoms with E-state index in [4.69, 9.17) is 9.47 Å². The molecule has 0 aromatic heterocycles. The Kier molecular flexibility index (Phi) is 72.7. The first-order valence-electron chi connectivity index (χ1n) is 43.0. The number of aliphatic hydroxyl groups excluding tert-OH is 5. The summed E-state index contributed by atoms with van der Waals surface area (Å²) in [5.74, 6) is -0.132. The molecule has 0 bridgehead atoms. The van der Waals surface area contributed by atoms with Gasteiger partial charge < -0.3 is 40.3 Å². The predicted octanol–water partition coefficient (Wildman–Crippen LogP) is 25.1. The zero-order valence-corrected chi connectivity index (χ0v) is 63.7. The molecule has 1 amide bonds. The van der Waals surface area contributed by atoms with Gasteiger partial charge >= 0.3 is 0 Å². The first-order valence-corrected chi connectivity index (χ1v) is 43.0. The molecule has 9 heteroatoms. The number of carbonyl (C=O) groups excluding carboxylic acids is 1. The van der Waals surface area contributed by atoms with Crippen molar-refractivity contribution in [3.05, 3.63) is 24.3 Å². The van der Waals surface area contributed by atoms with Crippen molar-refractivity contribution < 1.29 is 39.8 Å². The van der Waals surface area contributed by atoms with Crippen molar-refractivity contribution in [2.75, 3.05) is 13.2 Å². The van der Waals surface area contributed by atoms with Crippen LogP contribution in [0.1, 0.15) is 463 Å². The van der Waals surface area contributed by atoms with Crippen LogP contribution in [0.5, 0.6) is 0 Å². The van der Waals surface area contributed by atoms with Crippen molar-refractivity contribution in [1.29, 1.82) is 0 Å². The lowest BCUT2D eigenvalue weighted by Crippen LogP contribution is -2.60. The summed E-state index contributed by atoms with van der Waals surface area (Å²) in [5.41, 5.74) is 0. The molecule has 1 fully saturated rings. The summed E-state index contributed by atoms with van der Waals surface area (Å²) < 4.78 is 11.4. The van der Waals surface area contributed by atoms with E-state index >= 15 is 0 Å². The molecule has 9 nitrogen and oxygen atoms in total. The van der Waals surface area contributed by atoms with Gasteiger partial charge in [0.05, 0.1) is 25.4 Å². The van der Waals surface area contributed by atoms with Crippen molar-refractivity contribution >= 4 is 5.91 Å². The Morgan fingerprint density at radius 2 is 0.621 bits per heavy atom. The molecule has 1 aliphatic heterocycles. The third-order valence-corrected chi connectivity index (χ3v) is 21.1. The third kappa shape index (κ3) is 63.3. The maximum atomic E-state index is 13.2. The van der Waals surface area contributed by atoms with Crippen LogP contribution >= 0.6 is 0 Å². The number of aliphatic hydroxyl groups is 5. The second-order valence-electron chi connectivity index (χ2n) is 30.3. The summed E-state index contributed by atoms with van der Waals surface area (Å²) in [7, 11) is 0. The number of ether oxygens (including phenoxy) is 2. The van der Waals surface area contributed by atoms with Crippen molar-refractivity contribution in [3.63, 3.8) is 0 Å². The monoisotopic (exact) mass is 1340 g/mol. The minimum absolute atomic E-state index is 0.131. The molecule has 0 aromatic carbocycles. The number of hydrogen-bond donors (Lipinski definition) is 6. The van der Waals surface area contributed by atoms with Crippen LogP contribution in [-0.2, 0) is 14.3 Å². The van der Waals surface area contributed by atoms with Crippen molar-refractivity contribution in [1.82, 2.24) is 5.32 Å². The summed E-state index contributed by atoms with van der Waals surface area (Å²) in [6.07, 6.45) is 94.7. The van der Waals surface area contributed by atoms with E-state index < -0.39 is 49.5 Å². The highest BCUT2D eigenvalue weighted by Crippen LogP contribution is 2.25. The summed E-state index contributed by atoms with van der Waals surface area (Å²) in [6.45, 7) is 3.90. The Bertz CT molecular complexity index is 1560. The molecule has 0 aliphatic carbocycles. The van der Waals surface area contributed by atoms with Crippen LogP contribution < -0.4 is 5.32 Å². The molecule has 0 saturated carbocycles. The second kappa shape index (κ2) is 75.3. The minimum atomic E-state index is -1.55. The topological polar surface area (TPSA) is 149 Å². The highest BCUT2D eigenvalue weighted by molar-refractivity contribution is 5.76. The van der Waals surface area contributed by atoms with Crippen molar-refractivity contribution in [2.45, 2.75) is 506 Å². The maximum Gasteiger partial charge on any atom is 0.220 e. The summed E-state index contributed by atoms with van der Waals surface area (Å²) in [4.78, 5) is 13.2. The third-order valence-electron chi connectivity index (χ3n) is 21.1. The number of nitrogens with one attached hydrogen (secondary N) is 1. The Balaban J connectivity index is 2.00. The van der Waals surface area contributed by atoms with Crippen molar-refractivity contribution in [3.8, 4) is 0 Å². The van der Waals surface area contributed by atoms with E-state index in [0.717, 1.165) is 44.9 Å². The number of amides is 1. The van der Waals surface area contributed by atoms with Gasteiger partial charge in [0, 0.05) is 6.42 Å². The molecule has 1 rings (SSSR count). The molecule has 1 aliphatic rings. The average molecular weight is 1340 g/mol. The van der Waals surface area contributed by atoms with Gasteiger partial charge in [-0.2, -0.15) is 0 Å². The first kappa shape index (κ1) is 91.7. The smallest absolute Gasteiger partial charge is 0.220 e. The molecule has 0 aromatic rings. The Morgan fingerprint density at radius 3 is 0.905 bits per heavy atom. The fourth-order valence-corrected chi connectivity index (χ4v) is 14.4. The summed E-state index contributed by atoms with van der Waals surface area (Å²) in [6, 6.07) is -0.718.